The Morgan fingerprint density at radius 3 is 2.88 bits per heavy atom. The average Bonchev–Trinajstić information content (AvgIpc) is 3.06. The van der Waals surface area contributed by atoms with Gasteiger partial charge in [0.15, 0.2) is 0 Å². The minimum atomic E-state index is -0.834. The fourth-order valence-electron chi connectivity index (χ4n) is 3.16. The summed E-state index contributed by atoms with van der Waals surface area (Å²) in [6, 6.07) is 7.64. The van der Waals surface area contributed by atoms with Crippen molar-refractivity contribution in [2.24, 2.45) is 13.0 Å². The van der Waals surface area contributed by atoms with Crippen LogP contribution >= 0.6 is 0 Å². The van der Waals surface area contributed by atoms with Crippen LogP contribution in [0.15, 0.2) is 36.7 Å². The van der Waals surface area contributed by atoms with Crippen LogP contribution in [0.3, 0.4) is 0 Å². The molecule has 1 aliphatic rings. The molecule has 2 aromatic rings. The molecule has 1 unspecified atom stereocenters. The van der Waals surface area contributed by atoms with Gasteiger partial charge in [-0.05, 0) is 24.0 Å². The van der Waals surface area contributed by atoms with Gasteiger partial charge in [-0.3, -0.25) is 9.48 Å². The minimum absolute atomic E-state index is 0.216. The van der Waals surface area contributed by atoms with Crippen molar-refractivity contribution in [3.63, 3.8) is 0 Å². The molecule has 2 N–H and O–H groups in total. The first-order valence-corrected chi connectivity index (χ1v) is 8.37. The van der Waals surface area contributed by atoms with Gasteiger partial charge in [0.25, 0.3) is 0 Å². The lowest BCUT2D eigenvalue weighted by atomic mass is 9.98. The number of carbonyl (C=O) groups is 2. The molecular formula is C18H22N4O3. The SMILES string of the molecule is Cn1cc(-c2ccccc2CNC(=O)N2CCCC(C(=O)O)C2)cn1. The van der Waals surface area contributed by atoms with Crippen LogP contribution in [0.4, 0.5) is 4.79 Å². The van der Waals surface area contributed by atoms with E-state index < -0.39 is 11.9 Å². The van der Waals surface area contributed by atoms with Crippen LogP contribution in [0, 0.1) is 5.92 Å². The van der Waals surface area contributed by atoms with Gasteiger partial charge in [0.1, 0.15) is 0 Å². The number of carboxylic acid groups (broad SMARTS) is 1. The van der Waals surface area contributed by atoms with Crippen molar-refractivity contribution in [3.05, 3.63) is 42.2 Å². The standard InChI is InChI=1S/C18H22N4O3/c1-21-11-15(10-20-21)16-7-3-2-5-13(16)9-19-18(25)22-8-4-6-14(12-22)17(23)24/h2-3,5,7,10-11,14H,4,6,8-9,12H2,1H3,(H,19,25)(H,23,24). The van der Waals surface area contributed by atoms with Crippen LogP contribution in [0.1, 0.15) is 18.4 Å². The second-order valence-corrected chi connectivity index (χ2v) is 6.34. The number of carbonyl (C=O) groups excluding carboxylic acids is 1. The lowest BCUT2D eigenvalue weighted by Gasteiger charge is -2.30. The van der Waals surface area contributed by atoms with E-state index in [2.05, 4.69) is 10.4 Å². The molecule has 0 radical (unpaired) electrons. The molecule has 1 aromatic heterocycles. The maximum absolute atomic E-state index is 12.4. The highest BCUT2D eigenvalue weighted by atomic mass is 16.4. The van der Waals surface area contributed by atoms with Crippen LogP contribution in [0.5, 0.6) is 0 Å². The van der Waals surface area contributed by atoms with Crippen molar-refractivity contribution in [1.29, 1.82) is 0 Å². The van der Waals surface area contributed by atoms with Gasteiger partial charge in [0, 0.05) is 38.4 Å². The molecule has 0 saturated carbocycles. The summed E-state index contributed by atoms with van der Waals surface area (Å²) in [5.74, 6) is -1.30. The Morgan fingerprint density at radius 1 is 1.36 bits per heavy atom. The number of hydrogen-bond acceptors (Lipinski definition) is 3. The molecule has 0 aliphatic carbocycles. The zero-order valence-corrected chi connectivity index (χ0v) is 14.2. The summed E-state index contributed by atoms with van der Waals surface area (Å²) in [6.45, 7) is 1.25. The summed E-state index contributed by atoms with van der Waals surface area (Å²) in [5, 5.41) is 16.2. The Balaban J connectivity index is 1.66. The molecule has 7 nitrogen and oxygen atoms in total. The number of rotatable bonds is 4. The smallest absolute Gasteiger partial charge is 0.317 e. The predicted octanol–water partition coefficient (Wildman–Crippen LogP) is 2.09. The number of aliphatic carboxylic acids is 1. The fourth-order valence-corrected chi connectivity index (χ4v) is 3.16. The van der Waals surface area contributed by atoms with Gasteiger partial charge in [-0.2, -0.15) is 5.10 Å². The Bertz CT molecular complexity index is 771. The molecule has 1 saturated heterocycles. The normalized spacial score (nSPS) is 17.3. The number of nitrogens with one attached hydrogen (secondary N) is 1. The summed E-state index contributed by atoms with van der Waals surface area (Å²) in [4.78, 5) is 25.1. The van der Waals surface area contributed by atoms with Gasteiger partial charge in [0.2, 0.25) is 0 Å². The third-order valence-electron chi connectivity index (χ3n) is 4.52. The van der Waals surface area contributed by atoms with E-state index in [4.69, 9.17) is 5.11 Å². The first-order chi connectivity index (χ1) is 12.0. The number of carboxylic acids is 1. The van der Waals surface area contributed by atoms with Crippen molar-refractivity contribution >= 4 is 12.0 Å². The van der Waals surface area contributed by atoms with Gasteiger partial charge in [-0.25, -0.2) is 4.79 Å². The third kappa shape index (κ3) is 3.99. The van der Waals surface area contributed by atoms with Gasteiger partial charge in [0.05, 0.1) is 12.1 Å². The topological polar surface area (TPSA) is 87.5 Å². The van der Waals surface area contributed by atoms with Crippen molar-refractivity contribution in [2.75, 3.05) is 13.1 Å². The summed E-state index contributed by atoms with van der Waals surface area (Å²) in [7, 11) is 1.86. The predicted molar refractivity (Wildman–Crippen MR) is 92.8 cm³/mol. The van der Waals surface area contributed by atoms with Crippen molar-refractivity contribution < 1.29 is 14.7 Å². The fraction of sp³-hybridized carbons (Fsp3) is 0.389. The molecule has 0 spiro atoms. The Kier molecular flexibility index (Phi) is 5.02. The van der Waals surface area contributed by atoms with Crippen LogP contribution in [0.2, 0.25) is 0 Å². The van der Waals surface area contributed by atoms with E-state index in [0.29, 0.717) is 19.5 Å². The van der Waals surface area contributed by atoms with E-state index in [-0.39, 0.29) is 12.6 Å². The van der Waals surface area contributed by atoms with Crippen LogP contribution in [0.25, 0.3) is 11.1 Å². The second kappa shape index (κ2) is 7.38. The van der Waals surface area contributed by atoms with Crippen LogP contribution in [-0.4, -0.2) is 44.9 Å². The van der Waals surface area contributed by atoms with Gasteiger partial charge < -0.3 is 15.3 Å². The molecule has 1 fully saturated rings. The van der Waals surface area contributed by atoms with Crippen molar-refractivity contribution in [3.8, 4) is 11.1 Å². The van der Waals surface area contributed by atoms with Crippen molar-refractivity contribution in [2.45, 2.75) is 19.4 Å². The van der Waals surface area contributed by atoms with E-state index >= 15 is 0 Å². The summed E-state index contributed by atoms with van der Waals surface area (Å²) < 4.78 is 1.74. The average molecular weight is 342 g/mol. The third-order valence-corrected chi connectivity index (χ3v) is 4.52. The van der Waals surface area contributed by atoms with E-state index in [1.807, 2.05) is 37.5 Å². The zero-order valence-electron chi connectivity index (χ0n) is 14.2. The molecular weight excluding hydrogens is 320 g/mol. The molecule has 1 aliphatic heterocycles. The molecule has 0 bridgehead atoms. The number of piperidine rings is 1. The quantitative estimate of drug-likeness (QED) is 0.891. The first-order valence-electron chi connectivity index (χ1n) is 8.37. The Morgan fingerprint density at radius 2 is 2.16 bits per heavy atom. The number of hydrogen-bond donors (Lipinski definition) is 2. The number of nitrogens with zero attached hydrogens (tertiary/aromatic N) is 3. The highest BCUT2D eigenvalue weighted by molar-refractivity contribution is 5.77. The summed E-state index contributed by atoms with van der Waals surface area (Å²) >= 11 is 0. The van der Waals surface area contributed by atoms with Gasteiger partial charge in [-0.1, -0.05) is 24.3 Å². The van der Waals surface area contributed by atoms with E-state index in [0.717, 1.165) is 23.1 Å². The molecule has 1 aromatic carbocycles. The monoisotopic (exact) mass is 342 g/mol. The maximum Gasteiger partial charge on any atom is 0.317 e. The largest absolute Gasteiger partial charge is 0.481 e. The highest BCUT2D eigenvalue weighted by Crippen LogP contribution is 2.23. The molecule has 2 amide bonds. The van der Waals surface area contributed by atoms with E-state index in [1.165, 1.54) is 0 Å². The molecule has 7 heteroatoms. The van der Waals surface area contributed by atoms with E-state index in [1.54, 1.807) is 15.8 Å². The molecule has 25 heavy (non-hydrogen) atoms. The Hall–Kier alpha value is -2.83. The molecule has 132 valence electrons. The first kappa shape index (κ1) is 17.0. The summed E-state index contributed by atoms with van der Waals surface area (Å²) in [5.41, 5.74) is 3.02. The minimum Gasteiger partial charge on any atom is -0.481 e. The van der Waals surface area contributed by atoms with Gasteiger partial charge in [-0.15, -0.1) is 0 Å². The zero-order chi connectivity index (χ0) is 17.8. The number of likely N-dealkylation sites (tertiary alicyclic amines) is 1. The van der Waals surface area contributed by atoms with Crippen LogP contribution < -0.4 is 5.32 Å². The number of urea groups is 1. The van der Waals surface area contributed by atoms with E-state index in [9.17, 15) is 9.59 Å². The Labute approximate surface area is 146 Å². The van der Waals surface area contributed by atoms with Crippen LogP contribution in [-0.2, 0) is 18.4 Å². The lowest BCUT2D eigenvalue weighted by Crippen LogP contribution is -2.46. The van der Waals surface area contributed by atoms with Gasteiger partial charge >= 0.3 is 12.0 Å². The number of amides is 2. The van der Waals surface area contributed by atoms with Crippen molar-refractivity contribution in [1.82, 2.24) is 20.0 Å². The summed E-state index contributed by atoms with van der Waals surface area (Å²) in [6.07, 6.45) is 5.07. The number of aromatic nitrogens is 2. The second-order valence-electron chi connectivity index (χ2n) is 6.34. The molecule has 3 rings (SSSR count). The number of benzene rings is 1. The molecule has 2 heterocycles. The highest BCUT2D eigenvalue weighted by Gasteiger charge is 2.28. The molecule has 1 atom stereocenters. The number of aryl methyl sites for hydroxylation is 1. The maximum atomic E-state index is 12.4. The lowest BCUT2D eigenvalue weighted by molar-refractivity contribution is -0.143.